The maximum Gasteiger partial charge on any atom is 0.263 e. The maximum absolute atomic E-state index is 15.1. The van der Waals surface area contributed by atoms with E-state index in [0.717, 1.165) is 29.1 Å². The zero-order valence-corrected chi connectivity index (χ0v) is 45.4. The molecule has 67 heavy (non-hydrogen) atoms. The molecule has 3 heterocycles. The molecule has 3 aromatic rings. The molecular weight excluding hydrogens is 813 g/mol. The van der Waals surface area contributed by atoms with E-state index in [9.17, 15) is 0 Å². The molecule has 3 nitrogen and oxygen atoms in total. The highest BCUT2D eigenvalue weighted by Gasteiger charge is 2.23. The fourth-order valence-corrected chi connectivity index (χ4v) is 11.4. The van der Waals surface area contributed by atoms with Crippen LogP contribution in [0.3, 0.4) is 0 Å². The molecular formula is C64H110N2O. The first-order valence-electron chi connectivity index (χ1n) is 29.9. The summed E-state index contributed by atoms with van der Waals surface area (Å²) in [5, 5.41) is 0.935. The second kappa shape index (κ2) is 39.2. The Hall–Kier alpha value is -2.55. The number of rotatable bonds is 46. The normalized spacial score (nSPS) is 13.2. The Morgan fingerprint density at radius 2 is 0.851 bits per heavy atom. The predicted octanol–water partition coefficient (Wildman–Crippen LogP) is 20.0. The molecule has 0 saturated carbocycles. The summed E-state index contributed by atoms with van der Waals surface area (Å²) in [4.78, 5) is 15.1. The zero-order valence-electron chi connectivity index (χ0n) is 45.4. The van der Waals surface area contributed by atoms with E-state index >= 15 is 4.79 Å². The van der Waals surface area contributed by atoms with Gasteiger partial charge in [-0.3, -0.25) is 9.20 Å². The molecule has 0 N–H and O–H groups in total. The number of hydrogen-bond acceptors (Lipinski definition) is 1. The summed E-state index contributed by atoms with van der Waals surface area (Å²) in [6, 6.07) is 8.81. The molecule has 0 aliphatic heterocycles. The number of nitrogens with zero attached hydrogens (tertiary/aromatic N) is 2. The monoisotopic (exact) mass is 923 g/mol. The van der Waals surface area contributed by atoms with Crippen LogP contribution in [0.25, 0.3) is 17.2 Å². The van der Waals surface area contributed by atoms with Crippen LogP contribution in [0, 0.1) is 11.8 Å². The van der Waals surface area contributed by atoms with Gasteiger partial charge in [0.1, 0.15) is 0 Å². The number of fused-ring (bicyclic) bond motifs is 1. The largest absolute Gasteiger partial charge is 0.351 e. The first kappa shape index (κ1) is 58.8. The summed E-state index contributed by atoms with van der Waals surface area (Å²) in [6.45, 7) is 13.8. The molecule has 0 spiro atoms. The first-order valence-corrected chi connectivity index (χ1v) is 29.9. The first-order chi connectivity index (χ1) is 33.0. The van der Waals surface area contributed by atoms with Crippen molar-refractivity contribution >= 4 is 17.2 Å². The van der Waals surface area contributed by atoms with Crippen molar-refractivity contribution in [3.8, 4) is 0 Å². The molecule has 2 unspecified atom stereocenters. The number of aromatic nitrogens is 2. The third-order valence-corrected chi connectivity index (χ3v) is 15.7. The van der Waals surface area contributed by atoms with Crippen molar-refractivity contribution in [2.75, 3.05) is 0 Å². The summed E-state index contributed by atoms with van der Waals surface area (Å²) >= 11 is 0. The average Bonchev–Trinajstić information content (AvgIpc) is 4.01. The van der Waals surface area contributed by atoms with Crippen LogP contribution < -0.4 is 10.8 Å². The van der Waals surface area contributed by atoms with E-state index in [1.807, 2.05) is 4.40 Å². The molecule has 0 aliphatic carbocycles. The molecule has 3 heteroatoms. The van der Waals surface area contributed by atoms with Crippen LogP contribution in [0.5, 0.6) is 0 Å². The Morgan fingerprint density at radius 3 is 1.21 bits per heavy atom. The minimum atomic E-state index is 0.147. The Kier molecular flexibility index (Phi) is 34.4. The molecule has 3 aromatic heterocycles. The third-order valence-electron chi connectivity index (χ3n) is 15.7. The van der Waals surface area contributed by atoms with E-state index in [4.69, 9.17) is 0 Å². The lowest BCUT2D eigenvalue weighted by Crippen LogP contribution is -2.37. The molecule has 3 rings (SSSR count). The van der Waals surface area contributed by atoms with Gasteiger partial charge in [0.25, 0.3) is 5.56 Å². The second-order valence-corrected chi connectivity index (χ2v) is 21.6. The van der Waals surface area contributed by atoms with E-state index in [2.05, 4.69) is 88.6 Å². The maximum atomic E-state index is 15.1. The van der Waals surface area contributed by atoms with Gasteiger partial charge in [0.2, 0.25) is 0 Å². The number of hydrogen-bond donors (Lipinski definition) is 0. The summed E-state index contributed by atoms with van der Waals surface area (Å²) in [5.41, 5.74) is 6.22. The lowest BCUT2D eigenvalue weighted by molar-refractivity contribution is 0.400. The smallest absolute Gasteiger partial charge is 0.263 e. The van der Waals surface area contributed by atoms with E-state index in [-0.39, 0.29) is 5.56 Å². The van der Waals surface area contributed by atoms with Crippen molar-refractivity contribution in [1.82, 2.24) is 8.97 Å². The molecule has 0 bridgehead atoms. The molecule has 382 valence electrons. The van der Waals surface area contributed by atoms with Crippen LogP contribution in [0.15, 0.2) is 48.0 Å². The Bertz CT molecular complexity index is 1740. The fourth-order valence-electron chi connectivity index (χ4n) is 11.4. The van der Waals surface area contributed by atoms with Gasteiger partial charge in [0.05, 0.1) is 10.7 Å². The van der Waals surface area contributed by atoms with Crippen LogP contribution >= 0.6 is 0 Å². The number of pyridine rings is 1. The molecule has 2 atom stereocenters. The van der Waals surface area contributed by atoms with Gasteiger partial charge >= 0.3 is 0 Å². The van der Waals surface area contributed by atoms with Crippen LogP contribution in [0.4, 0.5) is 0 Å². The van der Waals surface area contributed by atoms with E-state index in [1.54, 1.807) is 0 Å². The molecule has 0 radical (unpaired) electrons. The van der Waals surface area contributed by atoms with Crippen LogP contribution in [-0.2, 0) is 13.5 Å². The molecule has 0 amide bonds. The molecule has 0 aliphatic rings. The van der Waals surface area contributed by atoms with Gasteiger partial charge in [0, 0.05) is 25.1 Å². The van der Waals surface area contributed by atoms with Gasteiger partial charge in [0.15, 0.2) is 0 Å². The molecule has 0 fully saturated rings. The molecule has 0 saturated heterocycles. The summed E-state index contributed by atoms with van der Waals surface area (Å²) < 4.78 is 4.30. The lowest BCUT2D eigenvalue weighted by Gasteiger charge is -2.23. The Labute approximate surface area is 416 Å². The summed E-state index contributed by atoms with van der Waals surface area (Å²) in [7, 11) is 2.19. The van der Waals surface area contributed by atoms with E-state index in [1.165, 1.54) is 274 Å². The summed E-state index contributed by atoms with van der Waals surface area (Å²) in [6.07, 6.45) is 62.8. The minimum Gasteiger partial charge on any atom is -0.351 e. The minimum absolute atomic E-state index is 0.147. The molecule has 0 aromatic carbocycles. The van der Waals surface area contributed by atoms with Crippen molar-refractivity contribution in [2.45, 2.75) is 297 Å². The van der Waals surface area contributed by atoms with Gasteiger partial charge in [-0.2, -0.15) is 0 Å². The average molecular weight is 924 g/mol. The Balaban J connectivity index is 1.93. The van der Waals surface area contributed by atoms with Gasteiger partial charge in [-0.15, -0.1) is 0 Å². The Morgan fingerprint density at radius 1 is 0.493 bits per heavy atom. The summed E-state index contributed by atoms with van der Waals surface area (Å²) in [5.74, 6) is 1.20. The highest BCUT2D eigenvalue weighted by Crippen LogP contribution is 2.31. The van der Waals surface area contributed by atoms with Crippen molar-refractivity contribution < 1.29 is 0 Å². The van der Waals surface area contributed by atoms with Crippen LogP contribution in [-0.4, -0.2) is 8.97 Å². The van der Waals surface area contributed by atoms with Crippen molar-refractivity contribution in [2.24, 2.45) is 18.9 Å². The van der Waals surface area contributed by atoms with Crippen LogP contribution in [0.2, 0.25) is 0 Å². The van der Waals surface area contributed by atoms with Crippen LogP contribution in [0.1, 0.15) is 308 Å². The number of unbranched alkanes of at least 4 members (excludes halogenated alkanes) is 32. The SMILES string of the molecule is C=Cc1c(CC(CCCCCCCCCC)CCCCCCCCCCCC)c2cccn2c(=O)/c1=C(\CC(CCCCCCCCCC)CCCCCCCCCCCC)c1cccn1C. The predicted molar refractivity (Wildman–Crippen MR) is 300 cm³/mol. The van der Waals surface area contributed by atoms with Gasteiger partial charge < -0.3 is 4.57 Å². The van der Waals surface area contributed by atoms with Gasteiger partial charge in [-0.1, -0.05) is 297 Å². The lowest BCUT2D eigenvalue weighted by atomic mass is 9.84. The zero-order chi connectivity index (χ0) is 48.0. The second-order valence-electron chi connectivity index (χ2n) is 21.6. The highest BCUT2D eigenvalue weighted by atomic mass is 16.1. The van der Waals surface area contributed by atoms with Gasteiger partial charge in [-0.25, -0.2) is 0 Å². The quantitative estimate of drug-likeness (QED) is 0.0519. The van der Waals surface area contributed by atoms with E-state index in [0.29, 0.717) is 11.8 Å². The topological polar surface area (TPSA) is 26.4 Å². The highest BCUT2D eigenvalue weighted by molar-refractivity contribution is 5.73. The third kappa shape index (κ3) is 24.2. The van der Waals surface area contributed by atoms with Crippen molar-refractivity contribution in [3.05, 3.63) is 75.6 Å². The fraction of sp³-hybridized carbons (Fsp3) is 0.766. The van der Waals surface area contributed by atoms with Crippen molar-refractivity contribution in [3.63, 3.8) is 0 Å². The standard InChI is InChI=1S/C64H110N2O/c1-7-12-16-20-24-28-30-34-38-41-47-56(46-40-36-32-26-22-18-14-9-3)54-59-58(11-5)63(64(67)66-53-45-51-62(59)66)60(61-50-44-52-65(61)6)55-57(48-42-37-33-27-23-19-15-10-4)49-43-39-35-31-29-25-21-17-13-8-2/h11,44-45,50-53,56-57H,5,7-10,12-43,46-49,54-55H2,1-4,6H3/b63-60+. The van der Waals surface area contributed by atoms with E-state index < -0.39 is 0 Å². The number of aryl methyl sites for hydroxylation is 1. The van der Waals surface area contributed by atoms with Gasteiger partial charge in [-0.05, 0) is 65.6 Å². The van der Waals surface area contributed by atoms with Crippen molar-refractivity contribution in [1.29, 1.82) is 0 Å².